The third-order valence-electron chi connectivity index (χ3n) is 4.34. The van der Waals surface area contributed by atoms with Crippen LogP contribution in [0.25, 0.3) is 0 Å². The molecule has 0 aliphatic heterocycles. The Kier molecular flexibility index (Phi) is 5.63. The first-order valence-corrected chi connectivity index (χ1v) is 9.32. The van der Waals surface area contributed by atoms with Crippen molar-refractivity contribution >= 4 is 17.2 Å². The molecule has 3 nitrogen and oxygen atoms in total. The number of thiophene rings is 1. The van der Waals surface area contributed by atoms with Crippen LogP contribution in [0.3, 0.4) is 0 Å². The number of benzene rings is 1. The first-order valence-electron chi connectivity index (χ1n) is 8.44. The van der Waals surface area contributed by atoms with E-state index in [0.717, 1.165) is 12.1 Å². The van der Waals surface area contributed by atoms with Gasteiger partial charge in [-0.25, -0.2) is 4.39 Å². The maximum atomic E-state index is 13.3. The van der Waals surface area contributed by atoms with E-state index < -0.39 is 0 Å². The standard InChI is InChI=1S/C19H23FN2OS/c1-2-21(12-15-5-3-6-16(20)11-15)19(23)14-22(17-8-9-17)13-18-7-4-10-24-18/h3-7,10-11,17H,2,8-9,12-14H2,1H3. The summed E-state index contributed by atoms with van der Waals surface area (Å²) in [6.07, 6.45) is 2.35. The van der Waals surface area contributed by atoms with Crippen molar-refractivity contribution in [3.63, 3.8) is 0 Å². The Labute approximate surface area is 146 Å². The molecule has 0 radical (unpaired) electrons. The maximum absolute atomic E-state index is 13.3. The van der Waals surface area contributed by atoms with Gasteiger partial charge in [-0.15, -0.1) is 11.3 Å². The van der Waals surface area contributed by atoms with Crippen molar-refractivity contribution < 1.29 is 9.18 Å². The maximum Gasteiger partial charge on any atom is 0.237 e. The molecule has 5 heteroatoms. The van der Waals surface area contributed by atoms with E-state index in [1.807, 2.05) is 13.0 Å². The molecule has 1 aliphatic carbocycles. The topological polar surface area (TPSA) is 23.6 Å². The first kappa shape index (κ1) is 17.1. The highest BCUT2D eigenvalue weighted by Crippen LogP contribution is 2.29. The van der Waals surface area contributed by atoms with Crippen LogP contribution >= 0.6 is 11.3 Å². The number of likely N-dealkylation sites (N-methyl/N-ethyl adjacent to an activating group) is 1. The molecule has 0 unspecified atom stereocenters. The SMILES string of the molecule is CCN(Cc1cccc(F)c1)C(=O)CN(Cc1cccs1)C1CC1. The lowest BCUT2D eigenvalue weighted by atomic mass is 10.2. The van der Waals surface area contributed by atoms with Crippen LogP contribution in [0.4, 0.5) is 4.39 Å². The third kappa shape index (κ3) is 4.65. The Morgan fingerprint density at radius 1 is 1.25 bits per heavy atom. The molecule has 1 fully saturated rings. The van der Waals surface area contributed by atoms with E-state index in [1.165, 1.54) is 29.9 Å². The van der Waals surface area contributed by atoms with Gasteiger partial charge in [-0.1, -0.05) is 18.2 Å². The zero-order valence-electron chi connectivity index (χ0n) is 14.0. The molecule has 1 aromatic heterocycles. The molecule has 128 valence electrons. The molecule has 1 aromatic carbocycles. The number of halogens is 1. The minimum Gasteiger partial charge on any atom is -0.338 e. The Balaban J connectivity index is 1.62. The lowest BCUT2D eigenvalue weighted by molar-refractivity contribution is -0.133. The molecular formula is C19H23FN2OS. The highest BCUT2D eigenvalue weighted by Gasteiger charge is 2.31. The lowest BCUT2D eigenvalue weighted by Crippen LogP contribution is -2.40. The first-order chi connectivity index (χ1) is 11.7. The highest BCUT2D eigenvalue weighted by molar-refractivity contribution is 7.09. The van der Waals surface area contributed by atoms with Crippen LogP contribution in [0.2, 0.25) is 0 Å². The van der Waals surface area contributed by atoms with Gasteiger partial charge in [0.1, 0.15) is 5.82 Å². The summed E-state index contributed by atoms with van der Waals surface area (Å²) in [5.74, 6) is -0.140. The summed E-state index contributed by atoms with van der Waals surface area (Å²) in [6, 6.07) is 11.2. The van der Waals surface area contributed by atoms with Crippen molar-refractivity contribution in [2.45, 2.75) is 38.9 Å². The van der Waals surface area contributed by atoms with E-state index in [2.05, 4.69) is 22.4 Å². The Morgan fingerprint density at radius 2 is 2.08 bits per heavy atom. The quantitative estimate of drug-likeness (QED) is 0.724. The van der Waals surface area contributed by atoms with E-state index in [0.29, 0.717) is 25.7 Å². The number of carbonyl (C=O) groups excluding carboxylic acids is 1. The van der Waals surface area contributed by atoms with Crippen molar-refractivity contribution in [1.82, 2.24) is 9.80 Å². The van der Waals surface area contributed by atoms with Crippen LogP contribution in [0, 0.1) is 5.82 Å². The van der Waals surface area contributed by atoms with Crippen molar-refractivity contribution in [1.29, 1.82) is 0 Å². The van der Waals surface area contributed by atoms with Crippen molar-refractivity contribution in [3.05, 3.63) is 58.0 Å². The van der Waals surface area contributed by atoms with Crippen molar-refractivity contribution in [3.8, 4) is 0 Å². The number of hydrogen-bond donors (Lipinski definition) is 0. The molecule has 1 aliphatic rings. The normalized spacial score (nSPS) is 14.1. The van der Waals surface area contributed by atoms with Crippen molar-refractivity contribution in [2.75, 3.05) is 13.1 Å². The molecule has 24 heavy (non-hydrogen) atoms. The van der Waals surface area contributed by atoms with E-state index >= 15 is 0 Å². The van der Waals surface area contributed by atoms with E-state index in [1.54, 1.807) is 22.3 Å². The monoisotopic (exact) mass is 346 g/mol. The van der Waals surface area contributed by atoms with Crippen LogP contribution < -0.4 is 0 Å². The predicted molar refractivity (Wildman–Crippen MR) is 95.2 cm³/mol. The predicted octanol–water partition coefficient (Wildman–Crippen LogP) is 3.90. The fourth-order valence-electron chi connectivity index (χ4n) is 2.86. The Morgan fingerprint density at radius 3 is 2.71 bits per heavy atom. The van der Waals surface area contributed by atoms with Gasteiger partial charge in [0.25, 0.3) is 0 Å². The van der Waals surface area contributed by atoms with Gasteiger partial charge in [0.2, 0.25) is 5.91 Å². The number of carbonyl (C=O) groups is 1. The van der Waals surface area contributed by atoms with Crippen LogP contribution in [0.1, 0.15) is 30.2 Å². The van der Waals surface area contributed by atoms with Crippen LogP contribution in [0.5, 0.6) is 0 Å². The van der Waals surface area contributed by atoms with Gasteiger partial charge in [-0.05, 0) is 48.9 Å². The molecular weight excluding hydrogens is 323 g/mol. The summed E-state index contributed by atoms with van der Waals surface area (Å²) >= 11 is 1.73. The number of rotatable bonds is 8. The average molecular weight is 346 g/mol. The molecule has 0 N–H and O–H groups in total. The zero-order chi connectivity index (χ0) is 16.9. The van der Waals surface area contributed by atoms with Crippen LogP contribution in [-0.2, 0) is 17.9 Å². The molecule has 1 heterocycles. The van der Waals surface area contributed by atoms with Gasteiger partial charge in [-0.3, -0.25) is 9.69 Å². The molecule has 0 spiro atoms. The molecule has 0 saturated heterocycles. The van der Waals surface area contributed by atoms with E-state index in [9.17, 15) is 9.18 Å². The summed E-state index contributed by atoms with van der Waals surface area (Å²) in [6.45, 7) is 4.34. The van der Waals surface area contributed by atoms with Gasteiger partial charge in [0.15, 0.2) is 0 Å². The Hall–Kier alpha value is -1.72. The van der Waals surface area contributed by atoms with Gasteiger partial charge < -0.3 is 4.90 Å². The van der Waals surface area contributed by atoms with Gasteiger partial charge >= 0.3 is 0 Å². The van der Waals surface area contributed by atoms with E-state index in [-0.39, 0.29) is 11.7 Å². The van der Waals surface area contributed by atoms with Gasteiger partial charge in [0.05, 0.1) is 6.54 Å². The second-order valence-corrected chi connectivity index (χ2v) is 7.29. The lowest BCUT2D eigenvalue weighted by Gasteiger charge is -2.26. The van der Waals surface area contributed by atoms with Crippen LogP contribution in [0.15, 0.2) is 41.8 Å². The summed E-state index contributed by atoms with van der Waals surface area (Å²) in [4.78, 5) is 18.1. The molecule has 0 bridgehead atoms. The number of amides is 1. The fraction of sp³-hybridized carbons (Fsp3) is 0.421. The van der Waals surface area contributed by atoms with Gasteiger partial charge in [0, 0.05) is 30.6 Å². The molecule has 2 aromatic rings. The molecule has 1 saturated carbocycles. The molecule has 1 amide bonds. The van der Waals surface area contributed by atoms with Gasteiger partial charge in [-0.2, -0.15) is 0 Å². The smallest absolute Gasteiger partial charge is 0.237 e. The summed E-state index contributed by atoms with van der Waals surface area (Å²) < 4.78 is 13.3. The molecule has 0 atom stereocenters. The third-order valence-corrected chi connectivity index (χ3v) is 5.20. The second-order valence-electron chi connectivity index (χ2n) is 6.25. The Bertz CT molecular complexity index is 670. The second kappa shape index (κ2) is 7.90. The number of nitrogens with zero attached hydrogens (tertiary/aromatic N) is 2. The summed E-state index contributed by atoms with van der Waals surface area (Å²) in [5.41, 5.74) is 0.835. The molecule has 3 rings (SSSR count). The minimum atomic E-state index is -0.256. The van der Waals surface area contributed by atoms with Crippen LogP contribution in [-0.4, -0.2) is 34.8 Å². The highest BCUT2D eigenvalue weighted by atomic mass is 32.1. The minimum absolute atomic E-state index is 0.116. The summed E-state index contributed by atoms with van der Waals surface area (Å²) in [5, 5.41) is 2.07. The largest absolute Gasteiger partial charge is 0.338 e. The zero-order valence-corrected chi connectivity index (χ0v) is 14.8. The fourth-order valence-corrected chi connectivity index (χ4v) is 3.59. The average Bonchev–Trinajstić information content (AvgIpc) is 3.29. The number of hydrogen-bond acceptors (Lipinski definition) is 3. The van der Waals surface area contributed by atoms with Crippen molar-refractivity contribution in [2.24, 2.45) is 0 Å². The van der Waals surface area contributed by atoms with E-state index in [4.69, 9.17) is 0 Å². The summed E-state index contributed by atoms with van der Waals surface area (Å²) in [7, 11) is 0.